The zero-order valence-corrected chi connectivity index (χ0v) is 16.0. The summed E-state index contributed by atoms with van der Waals surface area (Å²) < 4.78 is 4.76. The standard InChI is InChI=1S/C19H19N5O5/c1-4-12-13(19(28)29-3)9(2)14(20-12)17(26)23-24-18(27)15-10-7-5-6-8-11(10)16(25)22-21-15/h5-8,20H,4H2,1-3H3,(H,22,25)(H,23,26)(H,24,27). The first-order valence-electron chi connectivity index (χ1n) is 8.76. The van der Waals surface area contributed by atoms with Crippen molar-refractivity contribution in [3.63, 3.8) is 0 Å². The molecule has 2 amide bonds. The number of rotatable bonds is 4. The van der Waals surface area contributed by atoms with Crippen LogP contribution in [0.4, 0.5) is 0 Å². The number of aromatic nitrogens is 3. The van der Waals surface area contributed by atoms with Gasteiger partial charge in [0.05, 0.1) is 18.1 Å². The first-order valence-corrected chi connectivity index (χ1v) is 8.76. The highest BCUT2D eigenvalue weighted by Gasteiger charge is 2.24. The number of hydrogen-bond donors (Lipinski definition) is 4. The van der Waals surface area contributed by atoms with Crippen LogP contribution in [0.15, 0.2) is 29.1 Å². The topological polar surface area (TPSA) is 146 Å². The summed E-state index contributed by atoms with van der Waals surface area (Å²) >= 11 is 0. The van der Waals surface area contributed by atoms with Crippen molar-refractivity contribution in [3.05, 3.63) is 62.8 Å². The van der Waals surface area contributed by atoms with Gasteiger partial charge in [-0.1, -0.05) is 25.1 Å². The van der Waals surface area contributed by atoms with E-state index in [0.29, 0.717) is 34.0 Å². The molecular formula is C19H19N5O5. The van der Waals surface area contributed by atoms with Gasteiger partial charge >= 0.3 is 5.97 Å². The van der Waals surface area contributed by atoms with Gasteiger partial charge in [0.15, 0.2) is 5.69 Å². The van der Waals surface area contributed by atoms with E-state index in [1.807, 2.05) is 6.92 Å². The van der Waals surface area contributed by atoms with E-state index in [9.17, 15) is 19.2 Å². The molecule has 4 N–H and O–H groups in total. The molecule has 10 nitrogen and oxygen atoms in total. The second-order valence-electron chi connectivity index (χ2n) is 6.18. The number of fused-ring (bicyclic) bond motifs is 1. The fourth-order valence-corrected chi connectivity index (χ4v) is 3.05. The van der Waals surface area contributed by atoms with E-state index < -0.39 is 23.3 Å². The number of ether oxygens (including phenoxy) is 1. The molecule has 2 aromatic heterocycles. The number of methoxy groups -OCH3 is 1. The Morgan fingerprint density at radius 1 is 1.10 bits per heavy atom. The molecule has 29 heavy (non-hydrogen) atoms. The minimum absolute atomic E-state index is 0.0480. The van der Waals surface area contributed by atoms with Gasteiger partial charge < -0.3 is 9.72 Å². The van der Waals surface area contributed by atoms with E-state index in [4.69, 9.17) is 4.74 Å². The number of nitrogens with one attached hydrogen (secondary N) is 4. The number of H-pyrrole nitrogens is 2. The molecule has 10 heteroatoms. The Morgan fingerprint density at radius 3 is 2.41 bits per heavy atom. The van der Waals surface area contributed by atoms with Crippen molar-refractivity contribution in [1.29, 1.82) is 0 Å². The summed E-state index contributed by atoms with van der Waals surface area (Å²) in [6.45, 7) is 3.43. The van der Waals surface area contributed by atoms with Crippen molar-refractivity contribution in [2.45, 2.75) is 20.3 Å². The molecule has 0 unspecified atom stereocenters. The summed E-state index contributed by atoms with van der Waals surface area (Å²) in [6.07, 6.45) is 0.484. The van der Waals surface area contributed by atoms with Crippen LogP contribution >= 0.6 is 0 Å². The summed E-state index contributed by atoms with van der Waals surface area (Å²) in [5.74, 6) is -1.91. The number of nitrogens with zero attached hydrogens (tertiary/aromatic N) is 1. The highest BCUT2D eigenvalue weighted by Crippen LogP contribution is 2.20. The Kier molecular flexibility index (Phi) is 5.44. The van der Waals surface area contributed by atoms with E-state index in [0.717, 1.165) is 0 Å². The molecule has 0 aliphatic heterocycles. The molecule has 1 aromatic carbocycles. The first kappa shape index (κ1) is 19.8. The molecule has 0 aliphatic carbocycles. The fourth-order valence-electron chi connectivity index (χ4n) is 3.05. The summed E-state index contributed by atoms with van der Waals surface area (Å²) in [5, 5.41) is 6.67. The van der Waals surface area contributed by atoms with Crippen LogP contribution in [-0.2, 0) is 11.2 Å². The lowest BCUT2D eigenvalue weighted by Crippen LogP contribution is -2.42. The van der Waals surface area contributed by atoms with Crippen molar-refractivity contribution in [3.8, 4) is 0 Å². The van der Waals surface area contributed by atoms with Gasteiger partial charge in [0.25, 0.3) is 17.4 Å². The van der Waals surface area contributed by atoms with Crippen LogP contribution in [0.1, 0.15) is 49.5 Å². The van der Waals surface area contributed by atoms with Gasteiger partial charge in [0.2, 0.25) is 0 Å². The molecule has 0 atom stereocenters. The number of aryl methyl sites for hydroxylation is 1. The number of hydrogen-bond acceptors (Lipinski definition) is 6. The maximum absolute atomic E-state index is 12.5. The molecule has 0 radical (unpaired) electrons. The highest BCUT2D eigenvalue weighted by atomic mass is 16.5. The molecule has 0 saturated carbocycles. The van der Waals surface area contributed by atoms with Gasteiger partial charge in [-0.3, -0.25) is 25.2 Å². The van der Waals surface area contributed by atoms with E-state index in [2.05, 4.69) is 26.0 Å². The number of hydrazine groups is 1. The molecule has 3 aromatic rings. The van der Waals surface area contributed by atoms with Crippen molar-refractivity contribution >= 4 is 28.6 Å². The lowest BCUT2D eigenvalue weighted by Gasteiger charge is -2.08. The summed E-state index contributed by atoms with van der Waals surface area (Å²) in [5.41, 5.74) is 5.46. The second-order valence-corrected chi connectivity index (χ2v) is 6.18. The van der Waals surface area contributed by atoms with Crippen molar-refractivity contribution in [2.75, 3.05) is 7.11 Å². The van der Waals surface area contributed by atoms with Gasteiger partial charge in [-0.25, -0.2) is 9.89 Å². The predicted octanol–water partition coefficient (Wildman–Crippen LogP) is 0.983. The number of esters is 1. The van der Waals surface area contributed by atoms with Gasteiger partial charge in [0, 0.05) is 11.1 Å². The van der Waals surface area contributed by atoms with Crippen molar-refractivity contribution < 1.29 is 19.1 Å². The van der Waals surface area contributed by atoms with Crippen LogP contribution in [0.2, 0.25) is 0 Å². The molecule has 0 fully saturated rings. The molecular weight excluding hydrogens is 378 g/mol. The van der Waals surface area contributed by atoms with Crippen LogP contribution in [-0.4, -0.2) is 40.1 Å². The number of aromatic amines is 2. The zero-order valence-electron chi connectivity index (χ0n) is 16.0. The van der Waals surface area contributed by atoms with Crippen LogP contribution in [0.5, 0.6) is 0 Å². The van der Waals surface area contributed by atoms with Gasteiger partial charge in [-0.05, 0) is 25.0 Å². The fraction of sp³-hybridized carbons (Fsp3) is 0.211. The van der Waals surface area contributed by atoms with Crippen LogP contribution in [0.25, 0.3) is 10.8 Å². The van der Waals surface area contributed by atoms with Crippen molar-refractivity contribution in [2.24, 2.45) is 0 Å². The minimum atomic E-state index is -0.709. The lowest BCUT2D eigenvalue weighted by molar-refractivity contribution is 0.0598. The Morgan fingerprint density at radius 2 is 1.76 bits per heavy atom. The average molecular weight is 397 g/mol. The number of amides is 2. The maximum atomic E-state index is 12.5. The third-order valence-corrected chi connectivity index (χ3v) is 4.50. The van der Waals surface area contributed by atoms with Crippen molar-refractivity contribution in [1.82, 2.24) is 26.0 Å². The third kappa shape index (κ3) is 3.59. The zero-order chi connectivity index (χ0) is 21.1. The monoisotopic (exact) mass is 397 g/mol. The van der Waals surface area contributed by atoms with E-state index in [-0.39, 0.29) is 11.4 Å². The predicted molar refractivity (Wildman–Crippen MR) is 104 cm³/mol. The van der Waals surface area contributed by atoms with Gasteiger partial charge in [-0.2, -0.15) is 5.10 Å². The summed E-state index contributed by atoms with van der Waals surface area (Å²) in [6, 6.07) is 6.48. The van der Waals surface area contributed by atoms with E-state index in [1.54, 1.807) is 31.2 Å². The SMILES string of the molecule is CCc1[nH]c(C(=O)NNC(=O)c2n[nH]c(=O)c3ccccc23)c(C)c1C(=O)OC. The highest BCUT2D eigenvalue weighted by molar-refractivity contribution is 6.06. The van der Waals surface area contributed by atoms with E-state index >= 15 is 0 Å². The summed E-state index contributed by atoms with van der Waals surface area (Å²) in [4.78, 5) is 51.7. The normalized spacial score (nSPS) is 10.6. The Bertz CT molecular complexity index is 1180. The Hall–Kier alpha value is -3.95. The molecule has 0 spiro atoms. The minimum Gasteiger partial charge on any atom is -0.465 e. The smallest absolute Gasteiger partial charge is 0.339 e. The van der Waals surface area contributed by atoms with Crippen LogP contribution in [0.3, 0.4) is 0 Å². The molecule has 3 rings (SSSR count). The second kappa shape index (κ2) is 7.97. The number of carbonyl (C=O) groups excluding carboxylic acids is 3. The lowest BCUT2D eigenvalue weighted by atomic mass is 10.1. The van der Waals surface area contributed by atoms with Gasteiger partial charge in [-0.15, -0.1) is 0 Å². The number of carbonyl (C=O) groups is 3. The third-order valence-electron chi connectivity index (χ3n) is 4.50. The van der Waals surface area contributed by atoms with E-state index in [1.165, 1.54) is 7.11 Å². The Labute approximate surface area is 164 Å². The molecule has 0 saturated heterocycles. The number of benzene rings is 1. The average Bonchev–Trinajstić information content (AvgIpc) is 3.08. The first-order chi connectivity index (χ1) is 13.9. The summed E-state index contributed by atoms with van der Waals surface area (Å²) in [7, 11) is 1.26. The molecule has 0 aliphatic rings. The largest absolute Gasteiger partial charge is 0.465 e. The maximum Gasteiger partial charge on any atom is 0.339 e. The Balaban J connectivity index is 1.83. The van der Waals surface area contributed by atoms with Crippen LogP contribution in [0, 0.1) is 6.92 Å². The molecule has 2 heterocycles. The quantitative estimate of drug-likeness (QED) is 0.381. The van der Waals surface area contributed by atoms with Crippen LogP contribution < -0.4 is 16.4 Å². The van der Waals surface area contributed by atoms with Gasteiger partial charge in [0.1, 0.15) is 5.69 Å². The molecule has 0 bridgehead atoms. The molecule has 150 valence electrons.